The van der Waals surface area contributed by atoms with E-state index in [0.717, 1.165) is 14.7 Å². The molecule has 0 saturated carbocycles. The van der Waals surface area contributed by atoms with Gasteiger partial charge in [-0.25, -0.2) is 4.79 Å². The van der Waals surface area contributed by atoms with E-state index in [1.54, 1.807) is 23.9 Å². The number of rotatable bonds is 6. The summed E-state index contributed by atoms with van der Waals surface area (Å²) in [6.45, 7) is 4.00. The molecule has 3 nitrogen and oxygen atoms in total. The Kier molecular flexibility index (Phi) is 7.04. The van der Waals surface area contributed by atoms with E-state index in [9.17, 15) is 4.79 Å². The number of methoxy groups -OCH3 is 1. The van der Waals surface area contributed by atoms with Crippen LogP contribution in [-0.2, 0) is 4.74 Å². The van der Waals surface area contributed by atoms with Crippen LogP contribution in [0.15, 0.2) is 63.9 Å². The van der Waals surface area contributed by atoms with E-state index in [-0.39, 0.29) is 5.97 Å². The first-order valence-corrected chi connectivity index (χ1v) is 7.84. The molecule has 106 valence electrons. The third-order valence-electron chi connectivity index (χ3n) is 2.32. The topological polar surface area (TPSA) is 52.3 Å². The van der Waals surface area contributed by atoms with Gasteiger partial charge in [0.15, 0.2) is 0 Å². The number of carbonyl (C=O) groups excluding carboxylic acids is 1. The highest BCUT2D eigenvalue weighted by Gasteiger charge is 2.05. The van der Waals surface area contributed by atoms with Gasteiger partial charge in [-0.3, -0.25) is 0 Å². The third-order valence-corrected chi connectivity index (χ3v) is 3.94. The number of esters is 1. The van der Waals surface area contributed by atoms with Crippen LogP contribution < -0.4 is 5.73 Å². The van der Waals surface area contributed by atoms with E-state index in [2.05, 4.69) is 11.3 Å². The summed E-state index contributed by atoms with van der Waals surface area (Å²) >= 11 is 3.13. The van der Waals surface area contributed by atoms with Crippen LogP contribution in [0.2, 0.25) is 0 Å². The Bertz CT molecular complexity index is 533. The second-order valence-corrected chi connectivity index (χ2v) is 5.77. The number of benzene rings is 1. The van der Waals surface area contributed by atoms with Gasteiger partial charge in [0.1, 0.15) is 0 Å². The Morgan fingerprint density at radius 2 is 2.00 bits per heavy atom. The molecule has 1 aromatic carbocycles. The lowest BCUT2D eigenvalue weighted by molar-refractivity contribution is 0.0600. The lowest BCUT2D eigenvalue weighted by Crippen LogP contribution is -2.00. The van der Waals surface area contributed by atoms with Crippen LogP contribution in [-0.4, -0.2) is 19.3 Å². The number of ether oxygens (including phenoxy) is 1. The van der Waals surface area contributed by atoms with Gasteiger partial charge in [0.2, 0.25) is 0 Å². The lowest BCUT2D eigenvalue weighted by atomic mass is 10.2. The summed E-state index contributed by atoms with van der Waals surface area (Å²) in [4.78, 5) is 14.3. The number of hydrogen-bond donors (Lipinski definition) is 1. The molecule has 0 amide bonds. The van der Waals surface area contributed by atoms with E-state index < -0.39 is 0 Å². The first-order valence-electron chi connectivity index (χ1n) is 5.79. The Hall–Kier alpha value is -1.59. The van der Waals surface area contributed by atoms with Crippen LogP contribution in [0.4, 0.5) is 0 Å². The summed E-state index contributed by atoms with van der Waals surface area (Å²) in [6.07, 6.45) is 7.28. The lowest BCUT2D eigenvalue weighted by Gasteiger charge is -2.04. The molecule has 0 unspecified atom stereocenters. The van der Waals surface area contributed by atoms with Gasteiger partial charge in [-0.2, -0.15) is 0 Å². The first-order chi connectivity index (χ1) is 9.60. The molecule has 0 spiro atoms. The SMILES string of the molecule is C=C(/C=C(\C=C\N)SC)Sc1ccc(C(=O)OC)cc1. The quantitative estimate of drug-likeness (QED) is 0.492. The zero-order valence-corrected chi connectivity index (χ0v) is 13.1. The van der Waals surface area contributed by atoms with E-state index in [1.165, 1.54) is 25.1 Å². The largest absolute Gasteiger partial charge is 0.465 e. The second-order valence-electron chi connectivity index (χ2n) is 3.69. The maximum absolute atomic E-state index is 11.3. The Morgan fingerprint density at radius 1 is 1.35 bits per heavy atom. The minimum absolute atomic E-state index is 0.335. The van der Waals surface area contributed by atoms with Crippen molar-refractivity contribution in [1.29, 1.82) is 0 Å². The van der Waals surface area contributed by atoms with Crippen molar-refractivity contribution in [3.8, 4) is 0 Å². The fraction of sp³-hybridized carbons (Fsp3) is 0.133. The van der Waals surface area contributed by atoms with Crippen LogP contribution in [0.1, 0.15) is 10.4 Å². The summed E-state index contributed by atoms with van der Waals surface area (Å²) in [5.41, 5.74) is 5.91. The van der Waals surface area contributed by atoms with Crippen molar-refractivity contribution in [3.05, 3.63) is 64.6 Å². The minimum Gasteiger partial charge on any atom is -0.465 e. The van der Waals surface area contributed by atoms with Crippen molar-refractivity contribution in [1.82, 2.24) is 0 Å². The predicted octanol–water partition coefficient (Wildman–Crippen LogP) is 3.80. The molecule has 0 aliphatic heterocycles. The van der Waals surface area contributed by atoms with Crippen LogP contribution in [0, 0.1) is 0 Å². The molecule has 0 heterocycles. The van der Waals surface area contributed by atoms with Crippen molar-refractivity contribution in [2.45, 2.75) is 4.90 Å². The molecule has 1 aromatic rings. The van der Waals surface area contributed by atoms with Crippen molar-refractivity contribution in [2.24, 2.45) is 5.73 Å². The fourth-order valence-electron chi connectivity index (χ4n) is 1.39. The molecular weight excluding hydrogens is 290 g/mol. The molecule has 0 atom stereocenters. The number of nitrogens with two attached hydrogens (primary N) is 1. The summed E-state index contributed by atoms with van der Waals surface area (Å²) in [7, 11) is 1.37. The van der Waals surface area contributed by atoms with Gasteiger partial charge in [0.25, 0.3) is 0 Å². The molecule has 1 rings (SSSR count). The minimum atomic E-state index is -0.335. The summed E-state index contributed by atoms with van der Waals surface area (Å²) in [6, 6.07) is 7.21. The number of thioether (sulfide) groups is 2. The fourth-order valence-corrected chi connectivity index (χ4v) is 2.70. The second kappa shape index (κ2) is 8.55. The van der Waals surface area contributed by atoms with Gasteiger partial charge in [0, 0.05) is 14.7 Å². The summed E-state index contributed by atoms with van der Waals surface area (Å²) in [5.74, 6) is -0.335. The highest BCUT2D eigenvalue weighted by molar-refractivity contribution is 8.04. The summed E-state index contributed by atoms with van der Waals surface area (Å²) < 4.78 is 4.66. The van der Waals surface area contributed by atoms with Crippen molar-refractivity contribution < 1.29 is 9.53 Å². The monoisotopic (exact) mass is 307 g/mol. The van der Waals surface area contributed by atoms with E-state index in [0.29, 0.717) is 5.56 Å². The van der Waals surface area contributed by atoms with Gasteiger partial charge in [-0.05, 0) is 48.9 Å². The molecule has 0 aliphatic rings. The number of carbonyl (C=O) groups is 1. The molecule has 0 fully saturated rings. The molecule has 0 saturated heterocycles. The maximum Gasteiger partial charge on any atom is 0.337 e. The molecule has 2 N–H and O–H groups in total. The van der Waals surface area contributed by atoms with Gasteiger partial charge in [0.05, 0.1) is 12.7 Å². The number of allylic oxidation sites excluding steroid dienone is 2. The molecule has 5 heteroatoms. The molecule has 0 bridgehead atoms. The average Bonchev–Trinajstić information content (AvgIpc) is 2.46. The van der Waals surface area contributed by atoms with Crippen LogP contribution in [0.25, 0.3) is 0 Å². The van der Waals surface area contributed by atoms with Crippen molar-refractivity contribution in [3.63, 3.8) is 0 Å². The Morgan fingerprint density at radius 3 is 2.50 bits per heavy atom. The molecule has 0 aromatic heterocycles. The van der Waals surface area contributed by atoms with Crippen molar-refractivity contribution >= 4 is 29.5 Å². The smallest absolute Gasteiger partial charge is 0.337 e. The standard InChI is InChI=1S/C15H17NO2S2/c1-11(10-14(19-3)8-9-16)20-13-6-4-12(5-7-13)15(17)18-2/h4-10H,1,16H2,2-3H3/b9-8+,14-10+. The number of hydrogen-bond acceptors (Lipinski definition) is 5. The van der Waals surface area contributed by atoms with Crippen LogP contribution in [0.5, 0.6) is 0 Å². The molecule has 0 radical (unpaired) electrons. The van der Waals surface area contributed by atoms with E-state index >= 15 is 0 Å². The third kappa shape index (κ3) is 5.19. The Balaban J connectivity index is 2.74. The van der Waals surface area contributed by atoms with Gasteiger partial charge in [-0.15, -0.1) is 11.8 Å². The maximum atomic E-state index is 11.3. The van der Waals surface area contributed by atoms with Crippen LogP contribution in [0.3, 0.4) is 0 Å². The van der Waals surface area contributed by atoms with Gasteiger partial charge in [-0.1, -0.05) is 18.3 Å². The van der Waals surface area contributed by atoms with E-state index in [1.807, 2.05) is 30.5 Å². The van der Waals surface area contributed by atoms with Gasteiger partial charge >= 0.3 is 5.97 Å². The van der Waals surface area contributed by atoms with Crippen molar-refractivity contribution in [2.75, 3.05) is 13.4 Å². The molecule has 0 aliphatic carbocycles. The molecular formula is C15H17NO2S2. The molecule has 20 heavy (non-hydrogen) atoms. The highest BCUT2D eigenvalue weighted by Crippen LogP contribution is 2.29. The normalized spacial score (nSPS) is 11.6. The van der Waals surface area contributed by atoms with Crippen LogP contribution >= 0.6 is 23.5 Å². The van der Waals surface area contributed by atoms with Gasteiger partial charge < -0.3 is 10.5 Å². The highest BCUT2D eigenvalue weighted by atomic mass is 32.2. The van der Waals surface area contributed by atoms with E-state index in [4.69, 9.17) is 5.73 Å². The Labute approximate surface area is 128 Å². The zero-order chi connectivity index (χ0) is 15.0. The average molecular weight is 307 g/mol. The zero-order valence-electron chi connectivity index (χ0n) is 11.5. The first kappa shape index (κ1) is 16.5. The summed E-state index contributed by atoms with van der Waals surface area (Å²) in [5, 5.41) is 0. The predicted molar refractivity (Wildman–Crippen MR) is 87.7 cm³/mol.